The second kappa shape index (κ2) is 6.08. The van der Waals surface area contributed by atoms with Crippen molar-refractivity contribution < 1.29 is 0 Å². The van der Waals surface area contributed by atoms with Gasteiger partial charge in [-0.2, -0.15) is 0 Å². The molecule has 0 saturated heterocycles. The van der Waals surface area contributed by atoms with E-state index in [1.54, 1.807) is 0 Å². The van der Waals surface area contributed by atoms with E-state index in [9.17, 15) is 4.79 Å². The molecule has 3 atom stereocenters. The Labute approximate surface area is 152 Å². The lowest BCUT2D eigenvalue weighted by Gasteiger charge is -2.20. The van der Waals surface area contributed by atoms with Gasteiger partial charge < -0.3 is 4.98 Å². The van der Waals surface area contributed by atoms with Gasteiger partial charge in [-0.25, -0.2) is 9.50 Å². The summed E-state index contributed by atoms with van der Waals surface area (Å²) in [5.41, 5.74) is 2.30. The maximum absolute atomic E-state index is 12.8. The smallest absolute Gasteiger partial charge is 0.277 e. The number of rotatable bonds is 4. The molecule has 2 aliphatic carbocycles. The number of hydrogen-bond acceptors (Lipinski definition) is 3. The fourth-order valence-electron chi connectivity index (χ4n) is 5.10. The van der Waals surface area contributed by atoms with Crippen LogP contribution < -0.4 is 5.56 Å². The molecule has 1 aromatic carbocycles. The van der Waals surface area contributed by atoms with Crippen LogP contribution >= 0.6 is 0 Å². The normalized spacial score (nSPS) is 24.6. The predicted molar refractivity (Wildman–Crippen MR) is 101 cm³/mol. The number of imidazole rings is 1. The van der Waals surface area contributed by atoms with E-state index in [4.69, 9.17) is 10.1 Å². The van der Waals surface area contributed by atoms with Crippen molar-refractivity contribution in [2.75, 3.05) is 0 Å². The number of nitrogens with zero attached hydrogens (tertiary/aromatic N) is 3. The molecule has 2 fully saturated rings. The third-order valence-electron chi connectivity index (χ3n) is 6.35. The average Bonchev–Trinajstić information content (AvgIpc) is 3.37. The molecule has 5 heteroatoms. The van der Waals surface area contributed by atoms with Crippen LogP contribution in [0.2, 0.25) is 0 Å². The number of benzene rings is 1. The zero-order valence-corrected chi connectivity index (χ0v) is 15.1. The number of fused-ring (bicyclic) bond motifs is 3. The molecule has 2 saturated carbocycles. The van der Waals surface area contributed by atoms with Gasteiger partial charge in [0.1, 0.15) is 5.82 Å². The lowest BCUT2D eigenvalue weighted by atomic mass is 9.86. The van der Waals surface area contributed by atoms with Crippen LogP contribution in [0.1, 0.15) is 44.1 Å². The summed E-state index contributed by atoms with van der Waals surface area (Å²) in [5.74, 6) is 4.02. The monoisotopic (exact) mass is 348 g/mol. The Hall–Kier alpha value is -2.43. The minimum Gasteiger partial charge on any atom is -0.303 e. The van der Waals surface area contributed by atoms with Crippen LogP contribution in [0.3, 0.4) is 0 Å². The molecule has 2 aliphatic rings. The van der Waals surface area contributed by atoms with Gasteiger partial charge in [0.15, 0.2) is 11.3 Å². The fraction of sp³-hybridized carbons (Fsp3) is 0.476. The van der Waals surface area contributed by atoms with Crippen molar-refractivity contribution in [1.82, 2.24) is 19.6 Å². The summed E-state index contributed by atoms with van der Waals surface area (Å²) < 4.78 is 1.83. The Balaban J connectivity index is 1.61. The van der Waals surface area contributed by atoms with Crippen LogP contribution in [0, 0.1) is 17.8 Å². The van der Waals surface area contributed by atoms with Gasteiger partial charge in [0.25, 0.3) is 5.56 Å². The van der Waals surface area contributed by atoms with Crippen LogP contribution in [0.15, 0.2) is 35.1 Å². The third kappa shape index (κ3) is 2.49. The fourth-order valence-corrected chi connectivity index (χ4v) is 5.10. The van der Waals surface area contributed by atoms with Crippen molar-refractivity contribution in [3.63, 3.8) is 0 Å². The van der Waals surface area contributed by atoms with Crippen LogP contribution in [0.4, 0.5) is 0 Å². The highest BCUT2D eigenvalue weighted by atomic mass is 16.1. The third-order valence-corrected chi connectivity index (χ3v) is 6.35. The summed E-state index contributed by atoms with van der Waals surface area (Å²) >= 11 is 0. The Morgan fingerprint density at radius 3 is 2.73 bits per heavy atom. The van der Waals surface area contributed by atoms with Gasteiger partial charge in [0.2, 0.25) is 0 Å². The summed E-state index contributed by atoms with van der Waals surface area (Å²) in [6.07, 6.45) is 7.15. The molecule has 0 aliphatic heterocycles. The largest absolute Gasteiger partial charge is 0.303 e. The molecule has 1 N–H and O–H groups in total. The van der Waals surface area contributed by atoms with E-state index >= 15 is 0 Å². The molecule has 134 valence electrons. The molecule has 0 radical (unpaired) electrons. The Morgan fingerprint density at radius 2 is 2.04 bits per heavy atom. The summed E-state index contributed by atoms with van der Waals surface area (Å²) in [6, 6.07) is 9.82. The second-order valence-corrected chi connectivity index (χ2v) is 7.90. The molecule has 5 rings (SSSR count). The van der Waals surface area contributed by atoms with E-state index in [-0.39, 0.29) is 5.56 Å². The topological polar surface area (TPSA) is 63.1 Å². The van der Waals surface area contributed by atoms with E-state index in [1.807, 2.05) is 41.8 Å². The first-order chi connectivity index (χ1) is 12.7. The van der Waals surface area contributed by atoms with Crippen LogP contribution in [0.5, 0.6) is 0 Å². The first-order valence-corrected chi connectivity index (χ1v) is 9.79. The van der Waals surface area contributed by atoms with Gasteiger partial charge in [0, 0.05) is 12.0 Å². The van der Waals surface area contributed by atoms with Crippen molar-refractivity contribution in [3.8, 4) is 11.4 Å². The highest BCUT2D eigenvalue weighted by Crippen LogP contribution is 2.49. The van der Waals surface area contributed by atoms with Gasteiger partial charge in [-0.15, -0.1) is 5.10 Å². The predicted octanol–water partition coefficient (Wildman–Crippen LogP) is 3.63. The van der Waals surface area contributed by atoms with Crippen LogP contribution in [-0.2, 0) is 12.8 Å². The van der Waals surface area contributed by atoms with Crippen LogP contribution in [-0.4, -0.2) is 19.6 Å². The summed E-state index contributed by atoms with van der Waals surface area (Å²) in [7, 11) is 0. The number of aromatic nitrogens is 4. The van der Waals surface area contributed by atoms with Gasteiger partial charge in [0.05, 0.1) is 5.69 Å². The SMILES string of the molecule is CCc1nc(CC2CC3CCC2C3)n2nc(-c3ccccc3)[nH]c(=O)c12. The molecular weight excluding hydrogens is 324 g/mol. The Bertz CT molecular complexity index is 1000. The molecule has 2 aromatic heterocycles. The number of nitrogens with one attached hydrogen (secondary N) is 1. The number of aryl methyl sites for hydroxylation is 1. The summed E-state index contributed by atoms with van der Waals surface area (Å²) in [4.78, 5) is 20.6. The maximum atomic E-state index is 12.8. The first kappa shape index (κ1) is 15.8. The molecule has 3 unspecified atom stereocenters. The Morgan fingerprint density at radius 1 is 1.19 bits per heavy atom. The van der Waals surface area contributed by atoms with E-state index in [1.165, 1.54) is 25.7 Å². The van der Waals surface area contributed by atoms with Crippen molar-refractivity contribution in [1.29, 1.82) is 0 Å². The minimum atomic E-state index is -0.0950. The van der Waals surface area contributed by atoms with E-state index in [2.05, 4.69) is 4.98 Å². The van der Waals surface area contributed by atoms with Gasteiger partial charge in [-0.05, 0) is 43.4 Å². The molecule has 2 heterocycles. The molecule has 26 heavy (non-hydrogen) atoms. The molecule has 3 aromatic rings. The zero-order valence-electron chi connectivity index (χ0n) is 15.1. The zero-order chi connectivity index (χ0) is 17.7. The number of aromatic amines is 1. The highest BCUT2D eigenvalue weighted by molar-refractivity contribution is 5.57. The van der Waals surface area contributed by atoms with Crippen molar-refractivity contribution in [3.05, 3.63) is 52.2 Å². The molecule has 2 bridgehead atoms. The van der Waals surface area contributed by atoms with Crippen molar-refractivity contribution in [2.24, 2.45) is 17.8 Å². The standard InChI is InChI=1S/C21H24N4O/c1-2-17-19-21(26)23-20(14-6-4-3-5-7-14)24-25(19)18(22-17)12-16-11-13-8-9-15(16)10-13/h3-7,13,15-16H,2,8-12H2,1H3,(H,23,24,26). The van der Waals surface area contributed by atoms with Crippen molar-refractivity contribution in [2.45, 2.75) is 45.4 Å². The van der Waals surface area contributed by atoms with E-state index in [0.717, 1.165) is 41.8 Å². The second-order valence-electron chi connectivity index (χ2n) is 7.90. The van der Waals surface area contributed by atoms with Gasteiger partial charge >= 0.3 is 0 Å². The summed E-state index contributed by atoms with van der Waals surface area (Å²) in [6.45, 7) is 2.05. The van der Waals surface area contributed by atoms with Gasteiger partial charge in [-0.1, -0.05) is 43.7 Å². The molecular formula is C21H24N4O. The van der Waals surface area contributed by atoms with E-state index in [0.29, 0.717) is 17.3 Å². The van der Waals surface area contributed by atoms with Gasteiger partial charge in [-0.3, -0.25) is 4.79 Å². The number of H-pyrrole nitrogens is 1. The minimum absolute atomic E-state index is 0.0950. The highest BCUT2D eigenvalue weighted by Gasteiger charge is 2.40. The van der Waals surface area contributed by atoms with Crippen molar-refractivity contribution >= 4 is 5.52 Å². The Kier molecular flexibility index (Phi) is 3.69. The van der Waals surface area contributed by atoms with Crippen LogP contribution in [0.25, 0.3) is 16.9 Å². The lowest BCUT2D eigenvalue weighted by molar-refractivity contribution is 0.325. The molecule has 0 spiro atoms. The lowest BCUT2D eigenvalue weighted by Crippen LogP contribution is -2.18. The quantitative estimate of drug-likeness (QED) is 0.783. The first-order valence-electron chi connectivity index (χ1n) is 9.79. The average molecular weight is 348 g/mol. The molecule has 0 amide bonds. The molecule has 5 nitrogen and oxygen atoms in total. The maximum Gasteiger partial charge on any atom is 0.277 e. The van der Waals surface area contributed by atoms with E-state index < -0.39 is 0 Å². The number of hydrogen-bond donors (Lipinski definition) is 1. The summed E-state index contributed by atoms with van der Waals surface area (Å²) in [5, 5.41) is 4.78.